The molecule has 3 aromatic rings. The number of phenols is 1. The number of ether oxygens (including phenoxy) is 1. The number of benzene rings is 2. The summed E-state index contributed by atoms with van der Waals surface area (Å²) < 4.78 is 35.6. The van der Waals surface area contributed by atoms with Crippen molar-refractivity contribution in [1.82, 2.24) is 15.2 Å². The Bertz CT molecular complexity index is 1690. The van der Waals surface area contributed by atoms with Gasteiger partial charge in [0.2, 0.25) is 5.88 Å². The van der Waals surface area contributed by atoms with Crippen LogP contribution in [0.2, 0.25) is 5.02 Å². The van der Waals surface area contributed by atoms with Crippen molar-refractivity contribution in [2.75, 3.05) is 49.1 Å². The number of hydrogen-bond donors (Lipinski definition) is 2. The zero-order valence-electron chi connectivity index (χ0n) is 24.5. The monoisotopic (exact) mass is 620 g/mol. The number of fused-ring (bicyclic) bond motifs is 5. The molecule has 0 radical (unpaired) electrons. The third-order valence-electron chi connectivity index (χ3n) is 10.5. The number of nitriles is 1. The second-order valence-electron chi connectivity index (χ2n) is 13.2. The van der Waals surface area contributed by atoms with Crippen molar-refractivity contribution in [3.63, 3.8) is 0 Å². The minimum Gasteiger partial charge on any atom is -0.508 e. The summed E-state index contributed by atoms with van der Waals surface area (Å²) in [7, 11) is 0. The van der Waals surface area contributed by atoms with Gasteiger partial charge in [-0.15, -0.1) is 0 Å². The van der Waals surface area contributed by atoms with Crippen molar-refractivity contribution in [2.45, 2.75) is 68.9 Å². The molecule has 0 amide bonds. The van der Waals surface area contributed by atoms with Crippen LogP contribution in [0.5, 0.6) is 11.6 Å². The first-order valence-electron chi connectivity index (χ1n) is 15.7. The van der Waals surface area contributed by atoms with E-state index in [1.165, 1.54) is 6.07 Å². The second-order valence-corrected chi connectivity index (χ2v) is 13.6. The number of aromatic hydroxyl groups is 1. The molecule has 2 bridgehead atoms. The molecule has 11 heteroatoms. The number of nitrogens with one attached hydrogen (secondary N) is 1. The van der Waals surface area contributed by atoms with Gasteiger partial charge < -0.3 is 25.0 Å². The second kappa shape index (κ2) is 10.6. The largest absolute Gasteiger partial charge is 0.508 e. The van der Waals surface area contributed by atoms with Crippen LogP contribution in [0.25, 0.3) is 10.8 Å². The molecule has 0 spiro atoms. The molecule has 44 heavy (non-hydrogen) atoms. The summed E-state index contributed by atoms with van der Waals surface area (Å²) in [6, 6.07) is 9.32. The molecule has 5 aliphatic heterocycles. The van der Waals surface area contributed by atoms with E-state index in [-0.39, 0.29) is 22.9 Å². The Morgan fingerprint density at radius 1 is 1.16 bits per heavy atom. The minimum atomic E-state index is -0.875. The maximum absolute atomic E-state index is 14.6. The van der Waals surface area contributed by atoms with Gasteiger partial charge >= 0.3 is 0 Å². The quantitative estimate of drug-likeness (QED) is 0.409. The molecule has 0 saturated carbocycles. The molecule has 230 valence electrons. The van der Waals surface area contributed by atoms with Gasteiger partial charge in [0.1, 0.15) is 36.0 Å². The Labute approximate surface area is 260 Å². The van der Waals surface area contributed by atoms with Crippen LogP contribution in [-0.2, 0) is 13.0 Å². The van der Waals surface area contributed by atoms with Gasteiger partial charge in [0.05, 0.1) is 34.2 Å². The molecule has 2 unspecified atom stereocenters. The topological polar surface area (TPSA) is 87.9 Å². The van der Waals surface area contributed by atoms with Crippen molar-refractivity contribution in [3.8, 4) is 17.7 Å². The summed E-state index contributed by atoms with van der Waals surface area (Å²) in [5.74, 6) is -0.158. The van der Waals surface area contributed by atoms with Gasteiger partial charge in [0, 0.05) is 61.7 Å². The van der Waals surface area contributed by atoms with Gasteiger partial charge in [0.15, 0.2) is 0 Å². The number of rotatable bonds is 5. The fourth-order valence-electron chi connectivity index (χ4n) is 8.53. The van der Waals surface area contributed by atoms with E-state index in [0.717, 1.165) is 62.3 Å². The summed E-state index contributed by atoms with van der Waals surface area (Å²) in [6.07, 6.45) is 4.25. The molecular formula is C33H35ClF2N6O2. The van der Waals surface area contributed by atoms with Gasteiger partial charge in [-0.05, 0) is 56.2 Å². The smallest absolute Gasteiger partial charge is 0.234 e. The van der Waals surface area contributed by atoms with Crippen molar-refractivity contribution in [3.05, 3.63) is 51.9 Å². The highest BCUT2D eigenvalue weighted by Crippen LogP contribution is 2.44. The lowest BCUT2D eigenvalue weighted by Gasteiger charge is -2.39. The molecule has 4 saturated heterocycles. The van der Waals surface area contributed by atoms with Crippen LogP contribution in [0.4, 0.5) is 20.2 Å². The minimum absolute atomic E-state index is 0.0141. The number of alkyl halides is 1. The van der Waals surface area contributed by atoms with E-state index in [1.54, 1.807) is 18.2 Å². The Kier molecular flexibility index (Phi) is 6.78. The van der Waals surface area contributed by atoms with Crippen LogP contribution in [-0.4, -0.2) is 78.1 Å². The predicted molar refractivity (Wildman–Crippen MR) is 165 cm³/mol. The van der Waals surface area contributed by atoms with E-state index in [1.807, 2.05) is 0 Å². The first-order valence-corrected chi connectivity index (χ1v) is 16.0. The third kappa shape index (κ3) is 4.55. The van der Waals surface area contributed by atoms with Crippen molar-refractivity contribution in [1.29, 1.82) is 5.26 Å². The lowest BCUT2D eigenvalue weighted by atomic mass is 9.94. The summed E-state index contributed by atoms with van der Waals surface area (Å²) >= 11 is 6.49. The Morgan fingerprint density at radius 2 is 1.98 bits per heavy atom. The van der Waals surface area contributed by atoms with Gasteiger partial charge in [-0.2, -0.15) is 5.26 Å². The maximum Gasteiger partial charge on any atom is 0.234 e. The highest BCUT2D eigenvalue weighted by molar-refractivity contribution is 6.37. The van der Waals surface area contributed by atoms with Gasteiger partial charge in [0.25, 0.3) is 0 Å². The van der Waals surface area contributed by atoms with Crippen LogP contribution in [0.1, 0.15) is 48.9 Å². The predicted octanol–water partition coefficient (Wildman–Crippen LogP) is 5.06. The number of piperazine rings is 1. The Hall–Kier alpha value is -3.39. The molecule has 8 rings (SSSR count). The maximum atomic E-state index is 14.6. The molecule has 2 aromatic carbocycles. The number of anilines is 2. The normalized spacial score (nSPS) is 27.9. The van der Waals surface area contributed by atoms with E-state index in [9.17, 15) is 19.1 Å². The van der Waals surface area contributed by atoms with Crippen LogP contribution < -0.4 is 19.9 Å². The average Bonchev–Trinajstić information content (AvgIpc) is 3.66. The fourth-order valence-corrected chi connectivity index (χ4v) is 8.80. The molecule has 4 fully saturated rings. The zero-order valence-corrected chi connectivity index (χ0v) is 25.2. The molecule has 8 nitrogen and oxygen atoms in total. The standard InChI is InChI=1S/C33H35ClF2N6O2/c34-30-26(36)5-2-19-10-23(43)11-28(29(19)30)40-9-6-24-27(17-40)39-32(44-18-33-7-1-8-42(33)14-20(35)12-33)25(13-37)31(24)41-15-21-3-4-22(16-41)38-21/h2,5,10-11,20-22,38,43H,1,3-4,6-9,12,14-18H2/t20-,21?,22?,33+/m1/s1. The molecular weight excluding hydrogens is 586 g/mol. The Balaban J connectivity index is 1.21. The summed E-state index contributed by atoms with van der Waals surface area (Å²) in [6.45, 7) is 4.13. The van der Waals surface area contributed by atoms with Gasteiger partial charge in [-0.1, -0.05) is 17.7 Å². The van der Waals surface area contributed by atoms with Crippen molar-refractivity contribution >= 4 is 33.7 Å². The molecule has 4 atom stereocenters. The number of pyridine rings is 1. The van der Waals surface area contributed by atoms with Crippen molar-refractivity contribution in [2.24, 2.45) is 0 Å². The molecule has 2 N–H and O–H groups in total. The van der Waals surface area contributed by atoms with Crippen LogP contribution >= 0.6 is 11.6 Å². The SMILES string of the molecule is N#Cc1c(OC[C@@]23CCCN2C[C@H](F)C3)nc2c(c1N1CC3CCC(C1)N3)CCN(c1cc(O)cc3ccc(F)c(Cl)c13)C2. The van der Waals surface area contributed by atoms with E-state index < -0.39 is 12.0 Å². The lowest BCUT2D eigenvalue weighted by Crippen LogP contribution is -2.52. The van der Waals surface area contributed by atoms with Crippen molar-refractivity contribution < 1.29 is 18.6 Å². The lowest BCUT2D eigenvalue weighted by molar-refractivity contribution is 0.110. The summed E-state index contributed by atoms with van der Waals surface area (Å²) in [5, 5.41) is 26.0. The number of halogens is 3. The Morgan fingerprint density at radius 3 is 2.77 bits per heavy atom. The fraction of sp³-hybridized carbons (Fsp3) is 0.515. The highest BCUT2D eigenvalue weighted by Gasteiger charge is 2.49. The van der Waals surface area contributed by atoms with E-state index in [4.69, 9.17) is 21.3 Å². The number of aromatic nitrogens is 1. The highest BCUT2D eigenvalue weighted by atomic mass is 35.5. The first-order chi connectivity index (χ1) is 21.3. The van der Waals surface area contributed by atoms with Crippen LogP contribution in [0.15, 0.2) is 24.3 Å². The third-order valence-corrected chi connectivity index (χ3v) is 10.9. The van der Waals surface area contributed by atoms with Crippen LogP contribution in [0.3, 0.4) is 0 Å². The summed E-state index contributed by atoms with van der Waals surface area (Å²) in [5.41, 5.74) is 3.41. The molecule has 1 aromatic heterocycles. The molecule has 5 aliphatic rings. The van der Waals surface area contributed by atoms with Gasteiger partial charge in [-0.3, -0.25) is 4.90 Å². The first kappa shape index (κ1) is 28.1. The van der Waals surface area contributed by atoms with E-state index in [2.05, 4.69) is 26.1 Å². The number of phenolic OH excluding ortho intramolecular Hbond substituents is 1. The molecule has 0 aliphatic carbocycles. The zero-order chi connectivity index (χ0) is 30.2. The van der Waals surface area contributed by atoms with Gasteiger partial charge in [-0.25, -0.2) is 13.8 Å². The molecule has 6 heterocycles. The summed E-state index contributed by atoms with van der Waals surface area (Å²) in [4.78, 5) is 11.6. The van der Waals surface area contributed by atoms with E-state index >= 15 is 0 Å². The average molecular weight is 621 g/mol. The number of hydrogen-bond acceptors (Lipinski definition) is 8. The van der Waals surface area contributed by atoms with E-state index in [0.29, 0.717) is 72.5 Å². The van der Waals surface area contributed by atoms with Crippen LogP contribution in [0, 0.1) is 17.1 Å². The number of nitrogens with zero attached hydrogens (tertiary/aromatic N) is 5.